The molecule has 0 fully saturated rings. The Hall–Kier alpha value is -1.38. The van der Waals surface area contributed by atoms with Gasteiger partial charge in [0, 0.05) is 6.92 Å². The van der Waals surface area contributed by atoms with Crippen LogP contribution in [0, 0.1) is 0 Å². The maximum atomic E-state index is 11.4. The molecular weight excluding hydrogens is 180 g/mol. The lowest BCUT2D eigenvalue weighted by atomic mass is 9.89. The number of hydrogen-bond donors (Lipinski definition) is 0. The summed E-state index contributed by atoms with van der Waals surface area (Å²) in [7, 11) is 0. The molecule has 0 N–H and O–H groups in total. The van der Waals surface area contributed by atoms with Crippen molar-refractivity contribution in [2.24, 2.45) is 0 Å². The number of allylic oxidation sites excluding steroid dienone is 2. The number of rotatable bonds is 1. The molecular formula is C11H14O3. The number of carbonyl (C=O) groups excluding carboxylic acids is 2. The Bertz CT molecular complexity index is 326. The Morgan fingerprint density at radius 1 is 1.29 bits per heavy atom. The third-order valence-electron chi connectivity index (χ3n) is 2.09. The van der Waals surface area contributed by atoms with Crippen LogP contribution in [0.4, 0.5) is 0 Å². The summed E-state index contributed by atoms with van der Waals surface area (Å²) in [5, 5.41) is 0. The Balaban J connectivity index is 3.02. The zero-order valence-electron chi connectivity index (χ0n) is 8.88. The normalized spacial score (nSPS) is 19.9. The molecule has 1 rings (SSSR count). The lowest BCUT2D eigenvalue weighted by Crippen LogP contribution is -2.31. The Kier molecular flexibility index (Phi) is 2.60. The summed E-state index contributed by atoms with van der Waals surface area (Å²) < 4.78 is 5.12. The van der Waals surface area contributed by atoms with E-state index in [0.717, 1.165) is 0 Å². The van der Waals surface area contributed by atoms with E-state index in [4.69, 9.17) is 4.74 Å². The van der Waals surface area contributed by atoms with Gasteiger partial charge in [-0.05, 0) is 44.1 Å². The van der Waals surface area contributed by atoms with Crippen molar-refractivity contribution in [1.29, 1.82) is 0 Å². The van der Waals surface area contributed by atoms with Crippen molar-refractivity contribution < 1.29 is 14.3 Å². The van der Waals surface area contributed by atoms with Gasteiger partial charge in [-0.1, -0.05) is 0 Å². The predicted octanol–water partition coefficient (Wildman–Crippen LogP) is 1.78. The molecule has 3 nitrogen and oxygen atoms in total. The summed E-state index contributed by atoms with van der Waals surface area (Å²) in [6, 6.07) is 0. The van der Waals surface area contributed by atoms with Crippen LogP contribution in [0.1, 0.15) is 27.7 Å². The molecule has 0 saturated heterocycles. The van der Waals surface area contributed by atoms with Crippen molar-refractivity contribution in [2.75, 3.05) is 0 Å². The zero-order chi connectivity index (χ0) is 10.9. The SMILES string of the molecule is CC(=O)OC1(C)C=C(C)C(=O)C(C)=C1. The Labute approximate surface area is 83.4 Å². The van der Waals surface area contributed by atoms with Crippen molar-refractivity contribution >= 4 is 11.8 Å². The fraction of sp³-hybridized carbons (Fsp3) is 0.455. The Morgan fingerprint density at radius 3 is 2.07 bits per heavy atom. The summed E-state index contributed by atoms with van der Waals surface area (Å²) in [5.74, 6) is -0.343. The first-order chi connectivity index (χ1) is 6.34. The van der Waals surface area contributed by atoms with E-state index in [1.165, 1.54) is 6.92 Å². The monoisotopic (exact) mass is 194 g/mol. The number of esters is 1. The molecule has 0 saturated carbocycles. The van der Waals surface area contributed by atoms with E-state index < -0.39 is 5.60 Å². The number of ketones is 1. The fourth-order valence-electron chi connectivity index (χ4n) is 1.71. The molecule has 14 heavy (non-hydrogen) atoms. The van der Waals surface area contributed by atoms with Crippen LogP contribution >= 0.6 is 0 Å². The summed E-state index contributed by atoms with van der Waals surface area (Å²) in [5.41, 5.74) is 0.468. The molecule has 76 valence electrons. The molecule has 0 aromatic carbocycles. The summed E-state index contributed by atoms with van der Waals surface area (Å²) in [6.07, 6.45) is 3.34. The molecule has 0 aliphatic heterocycles. The molecule has 0 heterocycles. The maximum absolute atomic E-state index is 11.4. The number of Topliss-reactive ketones (excluding diaryl/α,β-unsaturated/α-hetero) is 1. The van der Waals surface area contributed by atoms with E-state index in [-0.39, 0.29) is 11.8 Å². The van der Waals surface area contributed by atoms with Crippen molar-refractivity contribution in [3.05, 3.63) is 23.3 Å². The molecule has 0 bridgehead atoms. The molecule has 0 amide bonds. The minimum absolute atomic E-state index is 0.00891. The molecule has 0 unspecified atom stereocenters. The van der Waals surface area contributed by atoms with Gasteiger partial charge < -0.3 is 4.74 Å². The smallest absolute Gasteiger partial charge is 0.303 e. The minimum atomic E-state index is -0.770. The van der Waals surface area contributed by atoms with Gasteiger partial charge in [-0.2, -0.15) is 0 Å². The fourth-order valence-corrected chi connectivity index (χ4v) is 1.71. The van der Waals surface area contributed by atoms with Crippen molar-refractivity contribution in [3.8, 4) is 0 Å². The van der Waals surface area contributed by atoms with E-state index in [1.807, 2.05) is 0 Å². The molecule has 0 spiro atoms. The topological polar surface area (TPSA) is 43.4 Å². The second-order valence-electron chi connectivity index (χ2n) is 3.76. The van der Waals surface area contributed by atoms with Crippen molar-refractivity contribution in [2.45, 2.75) is 33.3 Å². The van der Waals surface area contributed by atoms with Gasteiger partial charge in [0.15, 0.2) is 5.78 Å². The van der Waals surface area contributed by atoms with Gasteiger partial charge in [0.25, 0.3) is 0 Å². The second-order valence-corrected chi connectivity index (χ2v) is 3.76. The van der Waals surface area contributed by atoms with E-state index in [0.29, 0.717) is 11.1 Å². The minimum Gasteiger partial charge on any atom is -0.451 e. The first-order valence-corrected chi connectivity index (χ1v) is 4.47. The van der Waals surface area contributed by atoms with Crippen LogP contribution < -0.4 is 0 Å². The van der Waals surface area contributed by atoms with Crippen LogP contribution in [0.3, 0.4) is 0 Å². The van der Waals surface area contributed by atoms with Gasteiger partial charge in [-0.15, -0.1) is 0 Å². The largest absolute Gasteiger partial charge is 0.451 e. The number of hydrogen-bond acceptors (Lipinski definition) is 3. The summed E-state index contributed by atoms with van der Waals surface area (Å²) in [4.78, 5) is 22.3. The second kappa shape index (κ2) is 3.40. The van der Waals surface area contributed by atoms with E-state index >= 15 is 0 Å². The molecule has 3 heteroatoms. The maximum Gasteiger partial charge on any atom is 0.303 e. The number of carbonyl (C=O) groups is 2. The highest BCUT2D eigenvalue weighted by Gasteiger charge is 2.29. The van der Waals surface area contributed by atoms with Gasteiger partial charge in [-0.25, -0.2) is 0 Å². The van der Waals surface area contributed by atoms with Crippen molar-refractivity contribution in [3.63, 3.8) is 0 Å². The van der Waals surface area contributed by atoms with Gasteiger partial charge in [0.1, 0.15) is 5.60 Å². The molecule has 0 radical (unpaired) electrons. The van der Waals surface area contributed by atoms with Gasteiger partial charge >= 0.3 is 5.97 Å². The molecule has 0 aromatic heterocycles. The van der Waals surface area contributed by atoms with Gasteiger partial charge in [0.05, 0.1) is 0 Å². The average molecular weight is 194 g/mol. The predicted molar refractivity (Wildman–Crippen MR) is 52.7 cm³/mol. The quantitative estimate of drug-likeness (QED) is 0.597. The number of ether oxygens (including phenoxy) is 1. The first-order valence-electron chi connectivity index (χ1n) is 4.47. The van der Waals surface area contributed by atoms with E-state index in [2.05, 4.69) is 0 Å². The third kappa shape index (κ3) is 2.10. The standard InChI is InChI=1S/C11H14O3/c1-7-5-11(4,14-9(3)12)6-8(2)10(7)13/h5-6H,1-4H3. The van der Waals surface area contributed by atoms with Crippen LogP contribution in [-0.4, -0.2) is 17.4 Å². The molecule has 0 aromatic rings. The van der Waals surface area contributed by atoms with Gasteiger partial charge in [0.2, 0.25) is 0 Å². The van der Waals surface area contributed by atoms with E-state index in [1.54, 1.807) is 32.9 Å². The van der Waals surface area contributed by atoms with E-state index in [9.17, 15) is 9.59 Å². The highest BCUT2D eigenvalue weighted by atomic mass is 16.6. The van der Waals surface area contributed by atoms with Gasteiger partial charge in [-0.3, -0.25) is 9.59 Å². The molecule has 1 aliphatic carbocycles. The Morgan fingerprint density at radius 2 is 1.71 bits per heavy atom. The zero-order valence-corrected chi connectivity index (χ0v) is 8.88. The lowest BCUT2D eigenvalue weighted by Gasteiger charge is -2.26. The highest BCUT2D eigenvalue weighted by molar-refractivity contribution is 6.08. The van der Waals surface area contributed by atoms with Crippen molar-refractivity contribution in [1.82, 2.24) is 0 Å². The third-order valence-corrected chi connectivity index (χ3v) is 2.09. The lowest BCUT2D eigenvalue weighted by molar-refractivity contribution is -0.148. The summed E-state index contributed by atoms with van der Waals surface area (Å²) in [6.45, 7) is 6.56. The highest BCUT2D eigenvalue weighted by Crippen LogP contribution is 2.25. The van der Waals surface area contributed by atoms with Crippen LogP contribution in [0.2, 0.25) is 0 Å². The van der Waals surface area contributed by atoms with Crippen LogP contribution in [0.5, 0.6) is 0 Å². The van der Waals surface area contributed by atoms with Crippen LogP contribution in [0.25, 0.3) is 0 Å². The first kappa shape index (κ1) is 10.7. The molecule has 0 atom stereocenters. The van der Waals surface area contributed by atoms with Crippen LogP contribution in [-0.2, 0) is 14.3 Å². The average Bonchev–Trinajstić information content (AvgIpc) is 1.97. The van der Waals surface area contributed by atoms with Crippen LogP contribution in [0.15, 0.2) is 23.3 Å². The molecule has 1 aliphatic rings. The summed E-state index contributed by atoms with van der Waals surface area (Å²) >= 11 is 0.